The summed E-state index contributed by atoms with van der Waals surface area (Å²) in [5.74, 6) is -0.326. The third-order valence-electron chi connectivity index (χ3n) is 3.67. The van der Waals surface area contributed by atoms with Gasteiger partial charge in [0, 0.05) is 15.7 Å². The van der Waals surface area contributed by atoms with E-state index < -0.39 is 17.6 Å². The van der Waals surface area contributed by atoms with E-state index in [1.165, 1.54) is 12.1 Å². The first-order valence-corrected chi connectivity index (χ1v) is 8.26. The minimum atomic E-state index is -4.54. The number of benzene rings is 2. The Bertz CT molecular complexity index is 953. The highest BCUT2D eigenvalue weighted by Crippen LogP contribution is 2.36. The third kappa shape index (κ3) is 3.65. The van der Waals surface area contributed by atoms with Gasteiger partial charge in [-0.1, -0.05) is 51.4 Å². The van der Waals surface area contributed by atoms with Crippen LogP contribution in [0, 0.1) is 6.92 Å². The molecule has 1 aromatic heterocycles. The molecule has 0 spiro atoms. The molecule has 134 valence electrons. The van der Waals surface area contributed by atoms with E-state index in [2.05, 4.69) is 26.4 Å². The summed E-state index contributed by atoms with van der Waals surface area (Å²) in [6, 6.07) is 12.4. The van der Waals surface area contributed by atoms with Gasteiger partial charge >= 0.3 is 6.18 Å². The number of aromatic nitrogens is 1. The molecule has 1 heterocycles. The van der Waals surface area contributed by atoms with E-state index in [0.29, 0.717) is 11.3 Å². The van der Waals surface area contributed by atoms with E-state index >= 15 is 0 Å². The van der Waals surface area contributed by atoms with E-state index in [4.69, 9.17) is 4.52 Å². The lowest BCUT2D eigenvalue weighted by atomic mass is 10.1. The molecule has 1 N–H and O–H groups in total. The molecule has 0 fully saturated rings. The van der Waals surface area contributed by atoms with Gasteiger partial charge in [-0.2, -0.15) is 13.2 Å². The molecule has 0 aliphatic rings. The second-order valence-electron chi connectivity index (χ2n) is 5.47. The van der Waals surface area contributed by atoms with Crippen molar-refractivity contribution in [2.45, 2.75) is 13.1 Å². The number of rotatable bonds is 3. The van der Waals surface area contributed by atoms with E-state index in [1.807, 2.05) is 6.07 Å². The molecule has 0 bridgehead atoms. The van der Waals surface area contributed by atoms with Crippen LogP contribution in [0.3, 0.4) is 0 Å². The number of nitrogens with zero attached hydrogens (tertiary/aromatic N) is 1. The SMILES string of the molecule is Cc1onc(-c2ccccc2)c1C(=O)Nc1ccc(Br)c(C(F)(F)F)c1. The lowest BCUT2D eigenvalue weighted by molar-refractivity contribution is -0.138. The topological polar surface area (TPSA) is 55.1 Å². The fourth-order valence-electron chi connectivity index (χ4n) is 2.45. The average molecular weight is 425 g/mol. The van der Waals surface area contributed by atoms with Crippen LogP contribution >= 0.6 is 15.9 Å². The quantitative estimate of drug-likeness (QED) is 0.587. The average Bonchev–Trinajstić information content (AvgIpc) is 2.98. The third-order valence-corrected chi connectivity index (χ3v) is 4.36. The lowest BCUT2D eigenvalue weighted by Gasteiger charge is -2.12. The van der Waals surface area contributed by atoms with Crippen LogP contribution in [-0.4, -0.2) is 11.1 Å². The smallest absolute Gasteiger partial charge is 0.360 e. The minimum absolute atomic E-state index is 0.0186. The van der Waals surface area contributed by atoms with Crippen LogP contribution in [0.5, 0.6) is 0 Å². The van der Waals surface area contributed by atoms with Gasteiger partial charge in [-0.25, -0.2) is 0 Å². The second-order valence-corrected chi connectivity index (χ2v) is 6.33. The fraction of sp³-hybridized carbons (Fsp3) is 0.111. The summed E-state index contributed by atoms with van der Waals surface area (Å²) in [6.07, 6.45) is -4.54. The number of carbonyl (C=O) groups is 1. The molecule has 0 unspecified atom stereocenters. The van der Waals surface area contributed by atoms with Crippen LogP contribution in [0.4, 0.5) is 18.9 Å². The van der Waals surface area contributed by atoms with E-state index in [1.54, 1.807) is 31.2 Å². The summed E-state index contributed by atoms with van der Waals surface area (Å²) in [6.45, 7) is 1.57. The Kier molecular flexibility index (Phi) is 4.86. The Morgan fingerprint density at radius 1 is 1.15 bits per heavy atom. The maximum atomic E-state index is 13.0. The summed E-state index contributed by atoms with van der Waals surface area (Å²) in [5, 5.41) is 6.37. The Balaban J connectivity index is 1.94. The monoisotopic (exact) mass is 424 g/mol. The van der Waals surface area contributed by atoms with Crippen LogP contribution in [0.1, 0.15) is 21.7 Å². The molecule has 26 heavy (non-hydrogen) atoms. The largest absolute Gasteiger partial charge is 0.417 e. The van der Waals surface area contributed by atoms with E-state index in [0.717, 1.165) is 6.07 Å². The molecule has 0 saturated heterocycles. The molecule has 3 aromatic rings. The van der Waals surface area contributed by atoms with Crippen molar-refractivity contribution in [3.8, 4) is 11.3 Å². The number of anilines is 1. The Labute approximate surface area is 155 Å². The van der Waals surface area contributed by atoms with Gasteiger partial charge < -0.3 is 9.84 Å². The molecule has 0 radical (unpaired) electrons. The number of alkyl halides is 3. The number of amides is 1. The summed E-state index contributed by atoms with van der Waals surface area (Å²) in [4.78, 5) is 12.6. The molecule has 0 aliphatic heterocycles. The standard InChI is InChI=1S/C18H12BrF3N2O2/c1-10-15(16(24-26-10)11-5-3-2-4-6-11)17(25)23-12-7-8-14(19)13(9-12)18(20,21)22/h2-9H,1H3,(H,23,25). The Morgan fingerprint density at radius 3 is 2.50 bits per heavy atom. The van der Waals surface area contributed by atoms with Gasteiger partial charge in [0.25, 0.3) is 5.91 Å². The van der Waals surface area contributed by atoms with Crippen LogP contribution in [0.25, 0.3) is 11.3 Å². The zero-order chi connectivity index (χ0) is 18.9. The highest BCUT2D eigenvalue weighted by Gasteiger charge is 2.33. The normalized spacial score (nSPS) is 11.4. The van der Waals surface area contributed by atoms with Crippen molar-refractivity contribution in [1.82, 2.24) is 5.16 Å². The van der Waals surface area contributed by atoms with E-state index in [-0.39, 0.29) is 21.5 Å². The van der Waals surface area contributed by atoms with E-state index in [9.17, 15) is 18.0 Å². The molecule has 1 amide bonds. The highest BCUT2D eigenvalue weighted by atomic mass is 79.9. The van der Waals surface area contributed by atoms with Crippen LogP contribution in [0.15, 0.2) is 57.5 Å². The highest BCUT2D eigenvalue weighted by molar-refractivity contribution is 9.10. The fourth-order valence-corrected chi connectivity index (χ4v) is 2.92. The molecule has 0 atom stereocenters. The van der Waals surface area contributed by atoms with Gasteiger partial charge in [-0.15, -0.1) is 0 Å². The second kappa shape index (κ2) is 6.95. The molecule has 2 aromatic carbocycles. The van der Waals surface area contributed by atoms with Crippen LogP contribution in [-0.2, 0) is 6.18 Å². The van der Waals surface area contributed by atoms with Crippen molar-refractivity contribution >= 4 is 27.5 Å². The van der Waals surface area contributed by atoms with Gasteiger partial charge in [-0.3, -0.25) is 4.79 Å². The maximum absolute atomic E-state index is 13.0. The van der Waals surface area contributed by atoms with Gasteiger partial charge in [-0.05, 0) is 25.1 Å². The zero-order valence-electron chi connectivity index (χ0n) is 13.4. The van der Waals surface area contributed by atoms with Gasteiger partial charge in [0.2, 0.25) is 0 Å². The maximum Gasteiger partial charge on any atom is 0.417 e. The van der Waals surface area contributed by atoms with Crippen molar-refractivity contribution in [1.29, 1.82) is 0 Å². The number of aryl methyl sites for hydroxylation is 1. The summed E-state index contributed by atoms with van der Waals surface area (Å²) < 4.78 is 44.1. The van der Waals surface area contributed by atoms with Crippen LogP contribution in [0.2, 0.25) is 0 Å². The number of hydrogen-bond donors (Lipinski definition) is 1. The number of nitrogens with one attached hydrogen (secondary N) is 1. The summed E-state index contributed by atoms with van der Waals surface area (Å²) >= 11 is 2.87. The van der Waals surface area contributed by atoms with Crippen molar-refractivity contribution in [2.24, 2.45) is 0 Å². The van der Waals surface area contributed by atoms with Gasteiger partial charge in [0.15, 0.2) is 0 Å². The molecule has 0 aliphatic carbocycles. The lowest BCUT2D eigenvalue weighted by Crippen LogP contribution is -2.15. The van der Waals surface area contributed by atoms with Gasteiger partial charge in [0.05, 0.1) is 5.56 Å². The minimum Gasteiger partial charge on any atom is -0.360 e. The molecule has 4 nitrogen and oxygen atoms in total. The molecule has 8 heteroatoms. The summed E-state index contributed by atoms with van der Waals surface area (Å²) in [5.41, 5.74) is 0.313. The predicted molar refractivity (Wildman–Crippen MR) is 93.8 cm³/mol. The number of carbonyl (C=O) groups excluding carboxylic acids is 1. The summed E-state index contributed by atoms with van der Waals surface area (Å²) in [7, 11) is 0. The Morgan fingerprint density at radius 2 is 1.85 bits per heavy atom. The Hall–Kier alpha value is -2.61. The van der Waals surface area contributed by atoms with Crippen molar-refractivity contribution < 1.29 is 22.5 Å². The number of hydrogen-bond acceptors (Lipinski definition) is 3. The number of halogens is 4. The van der Waals surface area contributed by atoms with Crippen molar-refractivity contribution in [2.75, 3.05) is 5.32 Å². The first-order valence-electron chi connectivity index (χ1n) is 7.47. The molecular weight excluding hydrogens is 413 g/mol. The van der Waals surface area contributed by atoms with Crippen molar-refractivity contribution in [3.63, 3.8) is 0 Å². The predicted octanol–water partition coefficient (Wildman–Crippen LogP) is 5.68. The first-order chi connectivity index (χ1) is 12.3. The van der Waals surface area contributed by atoms with Crippen molar-refractivity contribution in [3.05, 3.63) is 69.9 Å². The van der Waals surface area contributed by atoms with Gasteiger partial charge in [0.1, 0.15) is 17.0 Å². The molecular formula is C18H12BrF3N2O2. The van der Waals surface area contributed by atoms with Crippen LogP contribution < -0.4 is 5.32 Å². The zero-order valence-corrected chi connectivity index (χ0v) is 15.0. The molecule has 0 saturated carbocycles. The molecule has 3 rings (SSSR count). The first kappa shape index (κ1) is 18.2.